The summed E-state index contributed by atoms with van der Waals surface area (Å²) in [6.07, 6.45) is 3.45. The van der Waals surface area contributed by atoms with Crippen LogP contribution in [0.4, 0.5) is 0 Å². The summed E-state index contributed by atoms with van der Waals surface area (Å²) in [6.45, 7) is 3.92. The minimum atomic E-state index is -0.719. The first-order valence-corrected chi connectivity index (χ1v) is 7.86. The van der Waals surface area contributed by atoms with Crippen molar-refractivity contribution < 1.29 is 20.2 Å². The van der Waals surface area contributed by atoms with E-state index in [1.54, 1.807) is 18.2 Å². The SMILES string of the molecule is CC(C)(CC/C=C/C(=O)NO)[C@@H](O)c1ccc(O)c2ccccc12. The van der Waals surface area contributed by atoms with Crippen molar-refractivity contribution >= 4 is 16.7 Å². The number of aliphatic hydroxyl groups is 1. The van der Waals surface area contributed by atoms with E-state index in [1.165, 1.54) is 11.6 Å². The maximum Gasteiger partial charge on any atom is 0.267 e. The van der Waals surface area contributed by atoms with Gasteiger partial charge in [0, 0.05) is 11.5 Å². The molecule has 0 fully saturated rings. The van der Waals surface area contributed by atoms with E-state index in [0.717, 1.165) is 10.9 Å². The maximum absolute atomic E-state index is 10.9. The number of hydrogen-bond acceptors (Lipinski definition) is 4. The molecule has 5 heteroatoms. The highest BCUT2D eigenvalue weighted by molar-refractivity contribution is 5.91. The molecule has 0 radical (unpaired) electrons. The molecular weight excluding hydrogens is 306 g/mol. The van der Waals surface area contributed by atoms with Crippen LogP contribution < -0.4 is 5.48 Å². The fourth-order valence-electron chi connectivity index (χ4n) is 2.79. The van der Waals surface area contributed by atoms with E-state index in [1.807, 2.05) is 38.1 Å². The Hall–Kier alpha value is -2.37. The highest BCUT2D eigenvalue weighted by atomic mass is 16.5. The molecule has 0 aliphatic rings. The van der Waals surface area contributed by atoms with Gasteiger partial charge in [0.2, 0.25) is 0 Å². The number of hydrogen-bond donors (Lipinski definition) is 4. The third kappa shape index (κ3) is 3.93. The predicted octanol–water partition coefficient (Wildman–Crippen LogP) is 3.45. The van der Waals surface area contributed by atoms with Crippen molar-refractivity contribution in [1.29, 1.82) is 0 Å². The lowest BCUT2D eigenvalue weighted by atomic mass is 9.77. The van der Waals surface area contributed by atoms with E-state index < -0.39 is 17.4 Å². The minimum Gasteiger partial charge on any atom is -0.507 e. The number of allylic oxidation sites excluding steroid dienone is 1. The van der Waals surface area contributed by atoms with Crippen LogP contribution in [0, 0.1) is 5.41 Å². The molecule has 0 bridgehead atoms. The minimum absolute atomic E-state index is 0.192. The number of aliphatic hydroxyl groups excluding tert-OH is 1. The van der Waals surface area contributed by atoms with Gasteiger partial charge < -0.3 is 10.2 Å². The first kappa shape index (κ1) is 18.0. The molecule has 0 heterocycles. The second kappa shape index (κ2) is 7.47. The van der Waals surface area contributed by atoms with Gasteiger partial charge in [-0.3, -0.25) is 10.0 Å². The maximum atomic E-state index is 10.9. The molecule has 24 heavy (non-hydrogen) atoms. The quantitative estimate of drug-likeness (QED) is 0.371. The van der Waals surface area contributed by atoms with Gasteiger partial charge in [0.05, 0.1) is 6.10 Å². The average Bonchev–Trinajstić information content (AvgIpc) is 2.58. The standard InChI is InChI=1S/C19H23NO4/c1-19(2,12-6-5-9-17(22)20-24)18(23)15-10-11-16(21)14-8-4-3-7-13(14)15/h3-5,7-11,18,21,23-24H,6,12H2,1-2H3,(H,20,22)/b9-5+/t18-/m0/s1. The van der Waals surface area contributed by atoms with Crippen LogP contribution in [-0.4, -0.2) is 21.3 Å². The van der Waals surface area contributed by atoms with Crippen molar-refractivity contribution in [2.45, 2.75) is 32.8 Å². The Bertz CT molecular complexity index is 752. The van der Waals surface area contributed by atoms with Crippen molar-refractivity contribution in [3.63, 3.8) is 0 Å². The van der Waals surface area contributed by atoms with Crippen molar-refractivity contribution in [3.05, 3.63) is 54.1 Å². The molecule has 0 saturated carbocycles. The van der Waals surface area contributed by atoms with E-state index >= 15 is 0 Å². The molecule has 0 aromatic heterocycles. The molecule has 5 nitrogen and oxygen atoms in total. The Morgan fingerprint density at radius 3 is 2.54 bits per heavy atom. The number of aromatic hydroxyl groups is 1. The van der Waals surface area contributed by atoms with Gasteiger partial charge in [-0.1, -0.05) is 50.3 Å². The fraction of sp³-hybridized carbons (Fsp3) is 0.316. The lowest BCUT2D eigenvalue weighted by Gasteiger charge is -2.31. The fourth-order valence-corrected chi connectivity index (χ4v) is 2.79. The summed E-state index contributed by atoms with van der Waals surface area (Å²) >= 11 is 0. The molecule has 0 saturated heterocycles. The van der Waals surface area contributed by atoms with Crippen LogP contribution in [0.2, 0.25) is 0 Å². The smallest absolute Gasteiger partial charge is 0.267 e. The second-order valence-corrected chi connectivity index (χ2v) is 6.53. The summed E-state index contributed by atoms with van der Waals surface area (Å²) in [7, 11) is 0. The molecule has 0 unspecified atom stereocenters. The first-order valence-electron chi connectivity index (χ1n) is 7.86. The van der Waals surface area contributed by atoms with Gasteiger partial charge in [-0.25, -0.2) is 5.48 Å². The van der Waals surface area contributed by atoms with E-state index in [9.17, 15) is 15.0 Å². The van der Waals surface area contributed by atoms with Gasteiger partial charge in [0.25, 0.3) is 5.91 Å². The lowest BCUT2D eigenvalue weighted by molar-refractivity contribution is -0.124. The van der Waals surface area contributed by atoms with Gasteiger partial charge in [0.1, 0.15) is 5.75 Å². The Balaban J connectivity index is 2.21. The largest absolute Gasteiger partial charge is 0.507 e. The zero-order valence-electron chi connectivity index (χ0n) is 13.9. The lowest BCUT2D eigenvalue weighted by Crippen LogP contribution is -2.22. The Kier molecular flexibility index (Phi) is 5.59. The van der Waals surface area contributed by atoms with Gasteiger partial charge in [-0.05, 0) is 35.3 Å². The van der Waals surface area contributed by atoms with Gasteiger partial charge in [-0.15, -0.1) is 0 Å². The Labute approximate surface area is 141 Å². The highest BCUT2D eigenvalue weighted by Gasteiger charge is 2.29. The summed E-state index contributed by atoms with van der Waals surface area (Å²) in [5.74, 6) is -0.379. The van der Waals surface area contributed by atoms with E-state index in [4.69, 9.17) is 5.21 Å². The molecule has 2 aromatic carbocycles. The molecule has 128 valence electrons. The van der Waals surface area contributed by atoms with Crippen molar-refractivity contribution in [2.24, 2.45) is 5.41 Å². The van der Waals surface area contributed by atoms with Crippen LogP contribution >= 0.6 is 0 Å². The zero-order chi connectivity index (χ0) is 17.7. The molecule has 0 aliphatic heterocycles. The number of carbonyl (C=O) groups is 1. The van der Waals surface area contributed by atoms with Crippen LogP contribution in [0.1, 0.15) is 38.4 Å². The molecule has 1 amide bonds. The van der Waals surface area contributed by atoms with E-state index in [0.29, 0.717) is 18.2 Å². The third-order valence-electron chi connectivity index (χ3n) is 4.30. The summed E-state index contributed by atoms with van der Waals surface area (Å²) in [4.78, 5) is 10.9. The average molecular weight is 329 g/mol. The van der Waals surface area contributed by atoms with Gasteiger partial charge in [-0.2, -0.15) is 0 Å². The molecule has 4 N–H and O–H groups in total. The van der Waals surface area contributed by atoms with Crippen LogP contribution in [-0.2, 0) is 4.79 Å². The van der Waals surface area contributed by atoms with Crippen LogP contribution in [0.5, 0.6) is 5.75 Å². The van der Waals surface area contributed by atoms with Gasteiger partial charge in [0.15, 0.2) is 0 Å². The Morgan fingerprint density at radius 2 is 1.88 bits per heavy atom. The number of benzene rings is 2. The summed E-state index contributed by atoms with van der Waals surface area (Å²) < 4.78 is 0. The van der Waals surface area contributed by atoms with Crippen LogP contribution in [0.25, 0.3) is 10.8 Å². The van der Waals surface area contributed by atoms with E-state index in [2.05, 4.69) is 0 Å². The molecule has 2 aromatic rings. The van der Waals surface area contributed by atoms with Crippen molar-refractivity contribution in [3.8, 4) is 5.75 Å². The van der Waals surface area contributed by atoms with E-state index in [-0.39, 0.29) is 5.75 Å². The molecule has 2 rings (SSSR count). The number of nitrogens with one attached hydrogen (secondary N) is 1. The summed E-state index contributed by atoms with van der Waals surface area (Å²) in [6, 6.07) is 10.8. The molecule has 1 atom stereocenters. The third-order valence-corrected chi connectivity index (χ3v) is 4.30. The molecular formula is C19H23NO4. The summed E-state index contributed by atoms with van der Waals surface area (Å²) in [5.41, 5.74) is 1.88. The van der Waals surface area contributed by atoms with Crippen LogP contribution in [0.3, 0.4) is 0 Å². The number of rotatable bonds is 6. The summed E-state index contributed by atoms with van der Waals surface area (Å²) in [5, 5.41) is 30.8. The van der Waals surface area contributed by atoms with Crippen molar-refractivity contribution in [2.75, 3.05) is 0 Å². The topological polar surface area (TPSA) is 89.8 Å². The normalized spacial score (nSPS) is 13.3. The number of hydroxylamine groups is 1. The first-order chi connectivity index (χ1) is 11.4. The zero-order valence-corrected chi connectivity index (χ0v) is 13.9. The molecule has 0 spiro atoms. The Morgan fingerprint density at radius 1 is 1.21 bits per heavy atom. The number of fused-ring (bicyclic) bond motifs is 1. The predicted molar refractivity (Wildman–Crippen MR) is 92.7 cm³/mol. The molecule has 0 aliphatic carbocycles. The highest BCUT2D eigenvalue weighted by Crippen LogP contribution is 2.41. The second-order valence-electron chi connectivity index (χ2n) is 6.53. The number of phenols is 1. The number of phenolic OH excluding ortho intramolecular Hbond substituents is 1. The van der Waals surface area contributed by atoms with Gasteiger partial charge >= 0.3 is 0 Å². The van der Waals surface area contributed by atoms with Crippen molar-refractivity contribution in [1.82, 2.24) is 5.48 Å². The van der Waals surface area contributed by atoms with Crippen LogP contribution in [0.15, 0.2) is 48.6 Å². The number of amides is 1. The number of carbonyl (C=O) groups excluding carboxylic acids is 1. The monoisotopic (exact) mass is 329 g/mol.